The van der Waals surface area contributed by atoms with Crippen LogP contribution in [0.25, 0.3) is 0 Å². The van der Waals surface area contributed by atoms with E-state index in [-0.39, 0.29) is 0 Å². The van der Waals surface area contributed by atoms with Gasteiger partial charge in [0.15, 0.2) is 5.82 Å². The summed E-state index contributed by atoms with van der Waals surface area (Å²) in [5.74, 6) is 2.17. The van der Waals surface area contributed by atoms with Crippen LogP contribution in [0.5, 0.6) is 0 Å². The third-order valence-electron chi connectivity index (χ3n) is 3.28. The number of piperidine rings is 1. The molecule has 1 aliphatic heterocycles. The van der Waals surface area contributed by atoms with Crippen molar-refractivity contribution < 1.29 is 4.52 Å². The number of nitrogens with two attached hydrogens (primary N) is 1. The van der Waals surface area contributed by atoms with Crippen LogP contribution >= 0.6 is 0 Å². The van der Waals surface area contributed by atoms with Crippen LogP contribution in [0.1, 0.15) is 31.5 Å². The number of likely N-dealkylation sites (tertiary alicyclic amines) is 1. The molecule has 2 atom stereocenters. The van der Waals surface area contributed by atoms with E-state index in [1.54, 1.807) is 0 Å². The van der Waals surface area contributed by atoms with E-state index in [0.29, 0.717) is 24.3 Å². The Bertz CT molecular complexity index is 338. The lowest BCUT2D eigenvalue weighted by molar-refractivity contribution is 0.102. The molecule has 5 heteroatoms. The highest BCUT2D eigenvalue weighted by molar-refractivity contribution is 4.87. The fraction of sp³-hybridized carbons (Fsp3) is 0.818. The van der Waals surface area contributed by atoms with Crippen molar-refractivity contribution in [1.29, 1.82) is 0 Å². The Morgan fingerprint density at radius 2 is 2.38 bits per heavy atom. The lowest BCUT2D eigenvalue weighted by Gasteiger charge is -2.36. The molecule has 0 aromatic carbocycles. The smallest absolute Gasteiger partial charge is 0.240 e. The standard InChI is InChI=1S/C11H20N4O/c1-8-3-4-15(10(5-8)6-12)7-11-13-9(2)14-16-11/h8,10H,3-7,12H2,1-2H3. The molecule has 0 bridgehead atoms. The van der Waals surface area contributed by atoms with E-state index in [4.69, 9.17) is 10.3 Å². The molecule has 2 rings (SSSR count). The molecular formula is C11H20N4O. The second kappa shape index (κ2) is 4.93. The van der Waals surface area contributed by atoms with Gasteiger partial charge in [0, 0.05) is 12.6 Å². The van der Waals surface area contributed by atoms with Crippen LogP contribution in [0.4, 0.5) is 0 Å². The predicted molar refractivity (Wildman–Crippen MR) is 60.7 cm³/mol. The van der Waals surface area contributed by atoms with Gasteiger partial charge in [0.2, 0.25) is 5.89 Å². The van der Waals surface area contributed by atoms with Crippen molar-refractivity contribution in [2.24, 2.45) is 11.7 Å². The minimum Gasteiger partial charge on any atom is -0.338 e. The summed E-state index contributed by atoms with van der Waals surface area (Å²) in [4.78, 5) is 6.59. The van der Waals surface area contributed by atoms with Crippen molar-refractivity contribution in [3.8, 4) is 0 Å². The van der Waals surface area contributed by atoms with Crippen LogP contribution in [0.3, 0.4) is 0 Å². The minimum atomic E-state index is 0.455. The number of nitrogens with zero attached hydrogens (tertiary/aromatic N) is 3. The molecule has 0 saturated carbocycles. The summed E-state index contributed by atoms with van der Waals surface area (Å²) in [6.45, 7) is 6.64. The lowest BCUT2D eigenvalue weighted by Crippen LogP contribution is -2.45. The van der Waals surface area contributed by atoms with E-state index < -0.39 is 0 Å². The molecular weight excluding hydrogens is 204 g/mol. The molecule has 1 aromatic heterocycles. The van der Waals surface area contributed by atoms with Gasteiger partial charge in [-0.25, -0.2) is 0 Å². The van der Waals surface area contributed by atoms with E-state index in [1.807, 2.05) is 6.92 Å². The number of aromatic nitrogens is 2. The van der Waals surface area contributed by atoms with Crippen molar-refractivity contribution in [2.45, 2.75) is 39.3 Å². The van der Waals surface area contributed by atoms with Crippen molar-refractivity contribution in [3.63, 3.8) is 0 Å². The molecule has 0 radical (unpaired) electrons. The maximum absolute atomic E-state index is 5.81. The molecule has 1 fully saturated rings. The molecule has 2 N–H and O–H groups in total. The van der Waals surface area contributed by atoms with Gasteiger partial charge in [0.05, 0.1) is 6.54 Å². The second-order valence-corrected chi connectivity index (χ2v) is 4.72. The molecule has 2 heterocycles. The van der Waals surface area contributed by atoms with Crippen molar-refractivity contribution in [3.05, 3.63) is 11.7 Å². The Hall–Kier alpha value is -0.940. The maximum atomic E-state index is 5.81. The first-order valence-corrected chi connectivity index (χ1v) is 5.92. The highest BCUT2D eigenvalue weighted by Gasteiger charge is 2.26. The molecule has 90 valence electrons. The van der Waals surface area contributed by atoms with Gasteiger partial charge in [-0.05, 0) is 32.2 Å². The van der Waals surface area contributed by atoms with Gasteiger partial charge in [-0.2, -0.15) is 4.98 Å². The van der Waals surface area contributed by atoms with Gasteiger partial charge in [-0.3, -0.25) is 4.90 Å². The molecule has 16 heavy (non-hydrogen) atoms. The lowest BCUT2D eigenvalue weighted by atomic mass is 9.92. The molecule has 1 saturated heterocycles. The fourth-order valence-corrected chi connectivity index (χ4v) is 2.33. The van der Waals surface area contributed by atoms with Crippen LogP contribution in [-0.4, -0.2) is 34.2 Å². The molecule has 0 amide bonds. The molecule has 1 aliphatic rings. The van der Waals surface area contributed by atoms with Gasteiger partial charge in [-0.1, -0.05) is 12.1 Å². The highest BCUT2D eigenvalue weighted by Crippen LogP contribution is 2.23. The fourth-order valence-electron chi connectivity index (χ4n) is 2.33. The van der Waals surface area contributed by atoms with E-state index in [0.717, 1.165) is 19.0 Å². The zero-order valence-electron chi connectivity index (χ0n) is 10.0. The zero-order chi connectivity index (χ0) is 11.5. The van der Waals surface area contributed by atoms with Crippen molar-refractivity contribution in [1.82, 2.24) is 15.0 Å². The molecule has 2 unspecified atom stereocenters. The van der Waals surface area contributed by atoms with Crippen LogP contribution in [0.15, 0.2) is 4.52 Å². The van der Waals surface area contributed by atoms with Gasteiger partial charge in [0.25, 0.3) is 0 Å². The van der Waals surface area contributed by atoms with E-state index in [1.165, 1.54) is 12.8 Å². The zero-order valence-corrected chi connectivity index (χ0v) is 10.0. The Labute approximate surface area is 96.0 Å². The summed E-state index contributed by atoms with van der Waals surface area (Å²) in [6, 6.07) is 0.455. The second-order valence-electron chi connectivity index (χ2n) is 4.72. The van der Waals surface area contributed by atoms with Gasteiger partial charge >= 0.3 is 0 Å². The molecule has 0 spiro atoms. The van der Waals surface area contributed by atoms with Crippen LogP contribution in [0, 0.1) is 12.8 Å². The van der Waals surface area contributed by atoms with Crippen LogP contribution in [-0.2, 0) is 6.54 Å². The molecule has 5 nitrogen and oxygen atoms in total. The van der Waals surface area contributed by atoms with Crippen LogP contribution < -0.4 is 5.73 Å². The van der Waals surface area contributed by atoms with E-state index >= 15 is 0 Å². The third-order valence-corrected chi connectivity index (χ3v) is 3.28. The largest absolute Gasteiger partial charge is 0.338 e. The monoisotopic (exact) mass is 224 g/mol. The SMILES string of the molecule is Cc1noc(CN2CCC(C)CC2CN)n1. The molecule has 1 aromatic rings. The van der Waals surface area contributed by atoms with E-state index in [9.17, 15) is 0 Å². The number of rotatable bonds is 3. The number of hydrogen-bond donors (Lipinski definition) is 1. The maximum Gasteiger partial charge on any atom is 0.240 e. The third kappa shape index (κ3) is 2.59. The Kier molecular flexibility index (Phi) is 3.56. The first kappa shape index (κ1) is 11.5. The summed E-state index contributed by atoms with van der Waals surface area (Å²) in [6.07, 6.45) is 2.40. The first-order valence-electron chi connectivity index (χ1n) is 5.92. The van der Waals surface area contributed by atoms with Gasteiger partial charge in [0.1, 0.15) is 0 Å². The Morgan fingerprint density at radius 3 is 3.00 bits per heavy atom. The summed E-state index contributed by atoms with van der Waals surface area (Å²) in [5, 5.41) is 3.80. The quantitative estimate of drug-likeness (QED) is 0.827. The first-order chi connectivity index (χ1) is 7.69. The average molecular weight is 224 g/mol. The summed E-state index contributed by atoms with van der Waals surface area (Å²) in [5.41, 5.74) is 5.81. The Balaban J connectivity index is 1.97. The van der Waals surface area contributed by atoms with Crippen molar-refractivity contribution >= 4 is 0 Å². The van der Waals surface area contributed by atoms with Crippen LogP contribution in [0.2, 0.25) is 0 Å². The number of hydrogen-bond acceptors (Lipinski definition) is 5. The van der Waals surface area contributed by atoms with Gasteiger partial charge < -0.3 is 10.3 Å². The van der Waals surface area contributed by atoms with Gasteiger partial charge in [-0.15, -0.1) is 0 Å². The summed E-state index contributed by atoms with van der Waals surface area (Å²) in [7, 11) is 0. The average Bonchev–Trinajstić information content (AvgIpc) is 2.67. The summed E-state index contributed by atoms with van der Waals surface area (Å²) < 4.78 is 5.14. The topological polar surface area (TPSA) is 68.2 Å². The Morgan fingerprint density at radius 1 is 1.56 bits per heavy atom. The normalized spacial score (nSPS) is 27.2. The predicted octanol–water partition coefficient (Wildman–Crippen LogP) is 0.937. The molecule has 0 aliphatic carbocycles. The van der Waals surface area contributed by atoms with Crippen molar-refractivity contribution in [2.75, 3.05) is 13.1 Å². The van der Waals surface area contributed by atoms with E-state index in [2.05, 4.69) is 22.0 Å². The number of aryl methyl sites for hydroxylation is 1. The minimum absolute atomic E-state index is 0.455. The highest BCUT2D eigenvalue weighted by atomic mass is 16.5. The summed E-state index contributed by atoms with van der Waals surface area (Å²) >= 11 is 0.